The van der Waals surface area contributed by atoms with Gasteiger partial charge in [-0.3, -0.25) is 9.59 Å². The summed E-state index contributed by atoms with van der Waals surface area (Å²) in [7, 11) is 0. The molecule has 0 radical (unpaired) electrons. The summed E-state index contributed by atoms with van der Waals surface area (Å²) >= 11 is 2.66. The van der Waals surface area contributed by atoms with Gasteiger partial charge in [0.2, 0.25) is 0 Å². The lowest BCUT2D eigenvalue weighted by Gasteiger charge is -2.05. The van der Waals surface area contributed by atoms with Gasteiger partial charge in [0.1, 0.15) is 0 Å². The van der Waals surface area contributed by atoms with Gasteiger partial charge in [0.05, 0.1) is 13.2 Å². The van der Waals surface area contributed by atoms with E-state index in [1.165, 1.54) is 23.5 Å². The van der Waals surface area contributed by atoms with Gasteiger partial charge in [-0.15, -0.1) is 0 Å². The van der Waals surface area contributed by atoms with Crippen LogP contribution >= 0.6 is 23.5 Å². The van der Waals surface area contributed by atoms with Gasteiger partial charge in [-0.05, 0) is 12.8 Å². The SMILES string of the molecule is CC(=O)SCCCOCCOCCCSC(C)=O. The number of carbonyl (C=O) groups excluding carboxylic acids is 2. The van der Waals surface area contributed by atoms with E-state index in [0.29, 0.717) is 26.4 Å². The molecule has 0 aliphatic heterocycles. The van der Waals surface area contributed by atoms with Crippen molar-refractivity contribution in [3.05, 3.63) is 0 Å². The van der Waals surface area contributed by atoms with Gasteiger partial charge >= 0.3 is 0 Å². The predicted octanol–water partition coefficient (Wildman–Crippen LogP) is 2.36. The highest BCUT2D eigenvalue weighted by Crippen LogP contribution is 2.03. The highest BCUT2D eigenvalue weighted by atomic mass is 32.2. The Morgan fingerprint density at radius 1 is 0.778 bits per heavy atom. The largest absolute Gasteiger partial charge is 0.379 e. The molecular weight excluding hydrogens is 272 g/mol. The van der Waals surface area contributed by atoms with Crippen LogP contribution in [0.4, 0.5) is 0 Å². The fraction of sp³-hybridized carbons (Fsp3) is 0.833. The number of carbonyl (C=O) groups is 2. The zero-order valence-corrected chi connectivity index (χ0v) is 12.7. The summed E-state index contributed by atoms with van der Waals surface area (Å²) in [5, 5.41) is 0.309. The molecule has 18 heavy (non-hydrogen) atoms. The second-order valence-electron chi connectivity index (χ2n) is 3.61. The molecule has 0 N–H and O–H groups in total. The van der Waals surface area contributed by atoms with Crippen LogP contribution in [0.2, 0.25) is 0 Å². The lowest BCUT2D eigenvalue weighted by Crippen LogP contribution is -2.07. The Bertz CT molecular complexity index is 210. The Hall–Kier alpha value is -0.0400. The quantitative estimate of drug-likeness (QED) is 0.545. The molecule has 0 aliphatic rings. The van der Waals surface area contributed by atoms with Gasteiger partial charge in [0.25, 0.3) is 0 Å². The van der Waals surface area contributed by atoms with Crippen LogP contribution in [-0.2, 0) is 19.1 Å². The van der Waals surface area contributed by atoms with Crippen molar-refractivity contribution in [3.8, 4) is 0 Å². The van der Waals surface area contributed by atoms with Crippen LogP contribution in [0.25, 0.3) is 0 Å². The van der Waals surface area contributed by atoms with Crippen LogP contribution < -0.4 is 0 Å². The number of rotatable bonds is 11. The fourth-order valence-electron chi connectivity index (χ4n) is 1.08. The maximum absolute atomic E-state index is 10.6. The number of hydrogen-bond donors (Lipinski definition) is 0. The van der Waals surface area contributed by atoms with E-state index in [1.807, 2.05) is 0 Å². The number of thioether (sulfide) groups is 2. The smallest absolute Gasteiger partial charge is 0.185 e. The normalized spacial score (nSPS) is 10.6. The maximum atomic E-state index is 10.6. The molecule has 0 saturated carbocycles. The summed E-state index contributed by atoms with van der Waals surface area (Å²) in [4.78, 5) is 21.3. The van der Waals surface area contributed by atoms with E-state index in [9.17, 15) is 9.59 Å². The zero-order chi connectivity index (χ0) is 13.6. The molecule has 6 heteroatoms. The van der Waals surface area contributed by atoms with Gasteiger partial charge in [0, 0.05) is 38.6 Å². The van der Waals surface area contributed by atoms with Gasteiger partial charge < -0.3 is 9.47 Å². The maximum Gasteiger partial charge on any atom is 0.185 e. The van der Waals surface area contributed by atoms with Crippen molar-refractivity contribution in [1.29, 1.82) is 0 Å². The first-order valence-corrected chi connectivity index (χ1v) is 8.02. The van der Waals surface area contributed by atoms with E-state index in [0.717, 1.165) is 24.3 Å². The Balaban J connectivity index is 2.99. The molecule has 106 valence electrons. The third-order valence-corrected chi connectivity index (χ3v) is 3.65. The van der Waals surface area contributed by atoms with E-state index in [2.05, 4.69) is 0 Å². The molecule has 0 bridgehead atoms. The highest BCUT2D eigenvalue weighted by molar-refractivity contribution is 8.13. The van der Waals surface area contributed by atoms with E-state index in [-0.39, 0.29) is 10.2 Å². The first kappa shape index (κ1) is 18.0. The summed E-state index contributed by atoms with van der Waals surface area (Å²) in [5.74, 6) is 1.64. The molecular formula is C12H22O4S2. The minimum absolute atomic E-state index is 0.154. The summed E-state index contributed by atoms with van der Waals surface area (Å²) < 4.78 is 10.7. The van der Waals surface area contributed by atoms with Crippen molar-refractivity contribution in [3.63, 3.8) is 0 Å². The molecule has 0 amide bonds. The summed E-state index contributed by atoms with van der Waals surface area (Å²) in [6.45, 7) is 5.66. The molecule has 0 aromatic rings. The van der Waals surface area contributed by atoms with Crippen molar-refractivity contribution in [2.75, 3.05) is 37.9 Å². The van der Waals surface area contributed by atoms with E-state index in [4.69, 9.17) is 9.47 Å². The predicted molar refractivity (Wildman–Crippen MR) is 77.2 cm³/mol. The standard InChI is InChI=1S/C12H22O4S2/c1-11(13)17-9-3-5-15-7-8-16-6-4-10-18-12(2)14/h3-10H2,1-2H3. The van der Waals surface area contributed by atoms with Crippen molar-refractivity contribution in [2.24, 2.45) is 0 Å². The molecule has 0 aliphatic carbocycles. The Kier molecular flexibility index (Phi) is 13.4. The van der Waals surface area contributed by atoms with E-state index >= 15 is 0 Å². The molecule has 0 fully saturated rings. The minimum Gasteiger partial charge on any atom is -0.379 e. The average Bonchev–Trinajstić information content (AvgIpc) is 2.29. The highest BCUT2D eigenvalue weighted by Gasteiger charge is 1.96. The zero-order valence-electron chi connectivity index (χ0n) is 11.1. The molecule has 4 nitrogen and oxygen atoms in total. The third-order valence-electron chi connectivity index (χ3n) is 1.85. The second kappa shape index (κ2) is 13.4. The van der Waals surface area contributed by atoms with Crippen LogP contribution in [0, 0.1) is 0 Å². The third kappa shape index (κ3) is 16.0. The van der Waals surface area contributed by atoms with Crippen LogP contribution in [-0.4, -0.2) is 48.2 Å². The average molecular weight is 294 g/mol. The lowest BCUT2D eigenvalue weighted by molar-refractivity contribution is -0.109. The van der Waals surface area contributed by atoms with Crippen LogP contribution in [0.1, 0.15) is 26.7 Å². The molecule has 0 spiro atoms. The lowest BCUT2D eigenvalue weighted by atomic mass is 10.5. The molecule has 0 aromatic carbocycles. The Morgan fingerprint density at radius 3 is 1.50 bits per heavy atom. The van der Waals surface area contributed by atoms with Gasteiger partial charge in [-0.1, -0.05) is 23.5 Å². The Labute approximate surface area is 118 Å². The van der Waals surface area contributed by atoms with Crippen molar-refractivity contribution in [1.82, 2.24) is 0 Å². The molecule has 0 aromatic heterocycles. The molecule has 0 unspecified atom stereocenters. The van der Waals surface area contributed by atoms with Crippen LogP contribution in [0.3, 0.4) is 0 Å². The summed E-state index contributed by atoms with van der Waals surface area (Å²) in [5.41, 5.74) is 0. The molecule has 0 saturated heterocycles. The second-order valence-corrected chi connectivity index (χ2v) is 6.16. The monoisotopic (exact) mass is 294 g/mol. The topological polar surface area (TPSA) is 52.6 Å². The molecule has 0 atom stereocenters. The Morgan fingerprint density at radius 2 is 1.17 bits per heavy atom. The summed E-state index contributed by atoms with van der Waals surface area (Å²) in [6.07, 6.45) is 1.78. The van der Waals surface area contributed by atoms with Crippen molar-refractivity contribution in [2.45, 2.75) is 26.7 Å². The van der Waals surface area contributed by atoms with Gasteiger partial charge in [-0.25, -0.2) is 0 Å². The van der Waals surface area contributed by atoms with Crippen molar-refractivity contribution < 1.29 is 19.1 Å². The summed E-state index contributed by atoms with van der Waals surface area (Å²) in [6, 6.07) is 0. The first-order valence-electron chi connectivity index (χ1n) is 6.05. The first-order chi connectivity index (χ1) is 8.63. The number of ether oxygens (including phenoxy) is 2. The van der Waals surface area contributed by atoms with Gasteiger partial charge in [0.15, 0.2) is 10.2 Å². The van der Waals surface area contributed by atoms with Crippen LogP contribution in [0.15, 0.2) is 0 Å². The molecule has 0 heterocycles. The van der Waals surface area contributed by atoms with E-state index in [1.54, 1.807) is 13.8 Å². The minimum atomic E-state index is 0.154. The van der Waals surface area contributed by atoms with E-state index < -0.39 is 0 Å². The van der Waals surface area contributed by atoms with Gasteiger partial charge in [-0.2, -0.15) is 0 Å². The number of hydrogen-bond acceptors (Lipinski definition) is 6. The molecule has 0 rings (SSSR count). The van der Waals surface area contributed by atoms with Crippen LogP contribution in [0.5, 0.6) is 0 Å². The van der Waals surface area contributed by atoms with Crippen molar-refractivity contribution >= 4 is 33.8 Å². The fourth-order valence-corrected chi connectivity index (χ4v) is 2.18.